The lowest BCUT2D eigenvalue weighted by Gasteiger charge is -2.19. The number of nitrogens with one attached hydrogen (secondary N) is 3. The zero-order valence-corrected chi connectivity index (χ0v) is 25.4. The van der Waals surface area contributed by atoms with E-state index in [0.717, 1.165) is 16.0 Å². The summed E-state index contributed by atoms with van der Waals surface area (Å²) in [5.74, 6) is -0.521. The minimum absolute atomic E-state index is 0.105. The molecule has 0 aliphatic carbocycles. The zero-order valence-electron chi connectivity index (χ0n) is 23.7. The first-order chi connectivity index (χ1) is 21.5. The summed E-state index contributed by atoms with van der Waals surface area (Å²) >= 11 is 2.85. The molecule has 0 aliphatic rings. The highest BCUT2D eigenvalue weighted by atomic mass is 32.2. The Balaban J connectivity index is 1.36. The number of carbonyl (C=O) groups is 3. The van der Waals surface area contributed by atoms with Crippen molar-refractivity contribution in [3.63, 3.8) is 0 Å². The molecule has 3 amide bonds. The summed E-state index contributed by atoms with van der Waals surface area (Å²) in [6.45, 7) is 0. The van der Waals surface area contributed by atoms with Gasteiger partial charge >= 0.3 is 0 Å². The Morgan fingerprint density at radius 3 is 2.27 bits per heavy atom. The monoisotopic (exact) mass is 619 g/mol. The largest absolute Gasteiger partial charge is 0.495 e. The predicted octanol–water partition coefficient (Wildman–Crippen LogP) is 7.64. The number of anilines is 2. The number of methoxy groups -OCH3 is 1. The van der Waals surface area contributed by atoms with E-state index in [4.69, 9.17) is 4.74 Å². The second kappa shape index (κ2) is 14.9. The summed E-state index contributed by atoms with van der Waals surface area (Å²) in [4.78, 5) is 40.7. The normalized spacial score (nSPS) is 11.7. The van der Waals surface area contributed by atoms with E-state index in [9.17, 15) is 14.4 Å². The van der Waals surface area contributed by atoms with Crippen molar-refractivity contribution < 1.29 is 19.1 Å². The van der Waals surface area contributed by atoms with Gasteiger partial charge in [0.25, 0.3) is 11.8 Å². The number of thiophene rings is 1. The van der Waals surface area contributed by atoms with Gasteiger partial charge in [0.2, 0.25) is 5.91 Å². The van der Waals surface area contributed by atoms with Crippen LogP contribution in [-0.4, -0.2) is 24.8 Å². The number of rotatable bonds is 11. The van der Waals surface area contributed by atoms with Gasteiger partial charge in [0.1, 0.15) is 16.7 Å². The minimum Gasteiger partial charge on any atom is -0.495 e. The molecule has 0 spiro atoms. The Kier molecular flexibility index (Phi) is 10.2. The third-order valence-corrected chi connectivity index (χ3v) is 8.38. The molecule has 4 aromatic carbocycles. The van der Waals surface area contributed by atoms with Crippen LogP contribution in [0, 0.1) is 0 Å². The minimum atomic E-state index is -0.591. The first kappa shape index (κ1) is 30.3. The standard InChI is InChI=1S/C35H29N3O4S2/c1-42-31-18-9-8-17-29(31)37-35(41)32(25-11-4-2-5-12-25)44-28-16-10-15-27(22-28)36-34(40)30(21-24-19-20-43-23-24)38-33(39)26-13-6-3-7-14-26/h2-23,32H,1H3,(H,36,40)(H,37,41)(H,38,39)/b30-21-. The molecule has 1 heterocycles. The van der Waals surface area contributed by atoms with Crippen molar-refractivity contribution in [3.05, 3.63) is 148 Å². The lowest BCUT2D eigenvalue weighted by Crippen LogP contribution is -2.30. The maximum Gasteiger partial charge on any atom is 0.272 e. The summed E-state index contributed by atoms with van der Waals surface area (Å²) < 4.78 is 5.41. The van der Waals surface area contributed by atoms with Crippen LogP contribution in [0.1, 0.15) is 26.7 Å². The molecule has 9 heteroatoms. The number of ether oxygens (including phenoxy) is 1. The summed E-state index contributed by atoms with van der Waals surface area (Å²) in [5.41, 5.74) is 3.25. The van der Waals surface area contributed by atoms with Crippen molar-refractivity contribution in [2.75, 3.05) is 17.7 Å². The molecule has 0 aliphatic heterocycles. The lowest BCUT2D eigenvalue weighted by atomic mass is 10.1. The average molecular weight is 620 g/mol. The first-order valence-corrected chi connectivity index (χ1v) is 15.5. The molecule has 1 unspecified atom stereocenters. The van der Waals surface area contributed by atoms with Crippen LogP contribution in [0.25, 0.3) is 6.08 Å². The van der Waals surface area contributed by atoms with Gasteiger partial charge in [0.15, 0.2) is 0 Å². The predicted molar refractivity (Wildman–Crippen MR) is 178 cm³/mol. The number of hydrogen-bond acceptors (Lipinski definition) is 6. The topological polar surface area (TPSA) is 96.5 Å². The van der Waals surface area contributed by atoms with E-state index in [-0.39, 0.29) is 11.6 Å². The van der Waals surface area contributed by atoms with Crippen molar-refractivity contribution in [1.29, 1.82) is 0 Å². The number of benzene rings is 4. The molecule has 220 valence electrons. The fourth-order valence-electron chi connectivity index (χ4n) is 4.29. The van der Waals surface area contributed by atoms with Gasteiger partial charge in [-0.1, -0.05) is 66.7 Å². The lowest BCUT2D eigenvalue weighted by molar-refractivity contribution is -0.116. The Hall–Kier alpha value is -5.12. The van der Waals surface area contributed by atoms with Crippen LogP contribution in [0.3, 0.4) is 0 Å². The maximum atomic E-state index is 13.6. The van der Waals surface area contributed by atoms with Crippen LogP contribution in [0.15, 0.2) is 137 Å². The average Bonchev–Trinajstić information content (AvgIpc) is 3.58. The highest BCUT2D eigenvalue weighted by molar-refractivity contribution is 8.00. The molecule has 44 heavy (non-hydrogen) atoms. The van der Waals surface area contributed by atoms with Crippen LogP contribution in [0.2, 0.25) is 0 Å². The van der Waals surface area contributed by atoms with E-state index in [2.05, 4.69) is 16.0 Å². The molecule has 1 aromatic heterocycles. The Bertz CT molecular complexity index is 1760. The molecule has 0 radical (unpaired) electrons. The molecule has 0 saturated carbocycles. The zero-order chi connectivity index (χ0) is 30.7. The molecular formula is C35H29N3O4S2. The van der Waals surface area contributed by atoms with Crippen molar-refractivity contribution in [2.45, 2.75) is 10.1 Å². The Morgan fingerprint density at radius 2 is 1.55 bits per heavy atom. The van der Waals surface area contributed by atoms with E-state index in [1.807, 2.05) is 77.5 Å². The molecule has 3 N–H and O–H groups in total. The number of thioether (sulfide) groups is 1. The number of para-hydroxylation sites is 2. The van der Waals surface area contributed by atoms with Gasteiger partial charge in [-0.25, -0.2) is 0 Å². The van der Waals surface area contributed by atoms with E-state index in [0.29, 0.717) is 22.7 Å². The third kappa shape index (κ3) is 8.03. The molecule has 0 bridgehead atoms. The SMILES string of the molecule is COc1ccccc1NC(=O)C(Sc1cccc(NC(=O)/C(=C/c2ccsc2)NC(=O)c2ccccc2)c1)c1ccccc1. The van der Waals surface area contributed by atoms with E-state index in [1.165, 1.54) is 23.1 Å². The molecule has 7 nitrogen and oxygen atoms in total. The fourth-order valence-corrected chi connectivity index (χ4v) is 6.00. The third-order valence-electron chi connectivity index (χ3n) is 6.43. The van der Waals surface area contributed by atoms with Gasteiger partial charge in [0.05, 0.1) is 12.8 Å². The quantitative estimate of drug-likeness (QED) is 0.104. The molecule has 5 aromatic rings. The van der Waals surface area contributed by atoms with Crippen molar-refractivity contribution in [1.82, 2.24) is 5.32 Å². The van der Waals surface area contributed by atoms with Crippen LogP contribution >= 0.6 is 23.1 Å². The van der Waals surface area contributed by atoms with Gasteiger partial charge in [-0.15, -0.1) is 11.8 Å². The van der Waals surface area contributed by atoms with Crippen molar-refractivity contribution in [3.8, 4) is 5.75 Å². The molecule has 1 atom stereocenters. The van der Waals surface area contributed by atoms with Crippen LogP contribution < -0.4 is 20.7 Å². The molecule has 0 fully saturated rings. The maximum absolute atomic E-state index is 13.6. The fraction of sp³-hybridized carbons (Fsp3) is 0.0571. The highest BCUT2D eigenvalue weighted by Gasteiger charge is 2.23. The molecule has 5 rings (SSSR count). The highest BCUT2D eigenvalue weighted by Crippen LogP contribution is 2.38. The van der Waals surface area contributed by atoms with Gasteiger partial charge in [-0.05, 0) is 76.5 Å². The smallest absolute Gasteiger partial charge is 0.272 e. The first-order valence-electron chi connectivity index (χ1n) is 13.7. The van der Waals surface area contributed by atoms with Crippen LogP contribution in [0.5, 0.6) is 5.75 Å². The van der Waals surface area contributed by atoms with Crippen molar-refractivity contribution in [2.24, 2.45) is 0 Å². The molecule has 0 saturated heterocycles. The van der Waals surface area contributed by atoms with Gasteiger partial charge < -0.3 is 20.7 Å². The van der Waals surface area contributed by atoms with Crippen molar-refractivity contribution >= 4 is 58.3 Å². The Morgan fingerprint density at radius 1 is 0.818 bits per heavy atom. The van der Waals surface area contributed by atoms with Crippen LogP contribution in [-0.2, 0) is 9.59 Å². The second-order valence-corrected chi connectivity index (χ2v) is 11.5. The van der Waals surface area contributed by atoms with Gasteiger partial charge in [-0.2, -0.15) is 11.3 Å². The Labute approximate surface area is 264 Å². The van der Waals surface area contributed by atoms with E-state index in [1.54, 1.807) is 61.7 Å². The van der Waals surface area contributed by atoms with Gasteiger partial charge in [0, 0.05) is 16.1 Å². The summed E-state index contributed by atoms with van der Waals surface area (Å²) in [7, 11) is 1.56. The summed E-state index contributed by atoms with van der Waals surface area (Å²) in [6.07, 6.45) is 1.64. The number of hydrogen-bond donors (Lipinski definition) is 3. The summed E-state index contributed by atoms with van der Waals surface area (Å²) in [5, 5.41) is 11.8. The van der Waals surface area contributed by atoms with Gasteiger partial charge in [-0.3, -0.25) is 14.4 Å². The molecular weight excluding hydrogens is 591 g/mol. The second-order valence-electron chi connectivity index (χ2n) is 9.51. The number of amides is 3. The number of carbonyl (C=O) groups excluding carboxylic acids is 3. The van der Waals surface area contributed by atoms with Crippen LogP contribution in [0.4, 0.5) is 11.4 Å². The van der Waals surface area contributed by atoms with E-state index >= 15 is 0 Å². The van der Waals surface area contributed by atoms with E-state index < -0.39 is 17.1 Å². The summed E-state index contributed by atoms with van der Waals surface area (Å²) in [6, 6.07) is 34.6.